The van der Waals surface area contributed by atoms with Crippen molar-refractivity contribution in [2.24, 2.45) is 0 Å². The molecule has 0 radical (unpaired) electrons. The lowest BCUT2D eigenvalue weighted by Gasteiger charge is -2.19. The number of benzene rings is 1. The maximum absolute atomic E-state index is 11.0. The van der Waals surface area contributed by atoms with Crippen molar-refractivity contribution in [2.45, 2.75) is 19.4 Å². The normalized spacial score (nSPS) is 18.4. The fourth-order valence-electron chi connectivity index (χ4n) is 2.24. The van der Waals surface area contributed by atoms with Crippen molar-refractivity contribution >= 4 is 17.3 Å². The number of rotatable bonds is 2. The van der Waals surface area contributed by atoms with Gasteiger partial charge in [-0.25, -0.2) is 0 Å². The minimum atomic E-state index is -0.00290. The van der Waals surface area contributed by atoms with E-state index in [1.807, 2.05) is 6.07 Å². The van der Waals surface area contributed by atoms with E-state index in [1.165, 1.54) is 6.92 Å². The van der Waals surface area contributed by atoms with Crippen molar-refractivity contribution in [3.8, 4) is 6.07 Å². The van der Waals surface area contributed by atoms with Crippen molar-refractivity contribution in [1.82, 2.24) is 5.32 Å². The lowest BCUT2D eigenvalue weighted by Crippen LogP contribution is -2.35. The van der Waals surface area contributed by atoms with Crippen molar-refractivity contribution in [2.75, 3.05) is 23.7 Å². The van der Waals surface area contributed by atoms with Gasteiger partial charge in [-0.05, 0) is 24.6 Å². The molecule has 1 amide bonds. The zero-order valence-corrected chi connectivity index (χ0v) is 10.3. The average molecular weight is 244 g/mol. The Morgan fingerprint density at radius 3 is 3.06 bits per heavy atom. The first-order valence-corrected chi connectivity index (χ1v) is 5.92. The molecule has 1 aromatic rings. The van der Waals surface area contributed by atoms with Gasteiger partial charge in [0.2, 0.25) is 5.91 Å². The van der Waals surface area contributed by atoms with Gasteiger partial charge in [0.25, 0.3) is 0 Å². The molecule has 5 nitrogen and oxygen atoms in total. The maximum Gasteiger partial charge on any atom is 0.217 e. The molecule has 1 aromatic carbocycles. The molecule has 18 heavy (non-hydrogen) atoms. The molecule has 94 valence electrons. The number of nitriles is 1. The van der Waals surface area contributed by atoms with Crippen LogP contribution in [0.1, 0.15) is 18.9 Å². The molecule has 1 atom stereocenters. The van der Waals surface area contributed by atoms with Crippen molar-refractivity contribution in [1.29, 1.82) is 5.26 Å². The summed E-state index contributed by atoms with van der Waals surface area (Å²) >= 11 is 0. The van der Waals surface area contributed by atoms with Gasteiger partial charge in [0, 0.05) is 37.4 Å². The van der Waals surface area contributed by atoms with Crippen LogP contribution < -0.4 is 16.0 Å². The van der Waals surface area contributed by atoms with Crippen molar-refractivity contribution < 1.29 is 4.79 Å². The lowest BCUT2D eigenvalue weighted by molar-refractivity contribution is -0.119. The quantitative estimate of drug-likeness (QED) is 0.756. The fourth-order valence-corrected chi connectivity index (χ4v) is 2.24. The number of nitrogens with one attached hydrogen (secondary N) is 1. The summed E-state index contributed by atoms with van der Waals surface area (Å²) in [5.74, 6) is -0.00290. The molecule has 0 bridgehead atoms. The summed E-state index contributed by atoms with van der Waals surface area (Å²) in [5, 5.41) is 11.9. The van der Waals surface area contributed by atoms with Crippen LogP contribution in [0.25, 0.3) is 0 Å². The number of nitrogens with zero attached hydrogens (tertiary/aromatic N) is 2. The van der Waals surface area contributed by atoms with E-state index in [2.05, 4.69) is 16.3 Å². The molecule has 1 saturated heterocycles. The second-order valence-corrected chi connectivity index (χ2v) is 4.52. The second-order valence-electron chi connectivity index (χ2n) is 4.52. The zero-order valence-electron chi connectivity index (χ0n) is 10.3. The maximum atomic E-state index is 11.0. The molecular formula is C13H16N4O. The number of nitrogen functional groups attached to an aromatic ring is 1. The van der Waals surface area contributed by atoms with Gasteiger partial charge < -0.3 is 16.0 Å². The van der Waals surface area contributed by atoms with Gasteiger partial charge in [0.15, 0.2) is 0 Å². The third kappa shape index (κ3) is 2.54. The number of hydrogen-bond donors (Lipinski definition) is 2. The van der Waals surface area contributed by atoms with Crippen molar-refractivity contribution in [3.05, 3.63) is 23.8 Å². The first kappa shape index (κ1) is 12.2. The third-order valence-corrected chi connectivity index (χ3v) is 3.12. The van der Waals surface area contributed by atoms with E-state index in [1.54, 1.807) is 12.1 Å². The van der Waals surface area contributed by atoms with E-state index >= 15 is 0 Å². The van der Waals surface area contributed by atoms with Crippen LogP contribution in [-0.2, 0) is 4.79 Å². The van der Waals surface area contributed by atoms with Gasteiger partial charge in [-0.1, -0.05) is 0 Å². The highest BCUT2D eigenvalue weighted by Gasteiger charge is 2.23. The van der Waals surface area contributed by atoms with E-state index in [-0.39, 0.29) is 11.9 Å². The third-order valence-electron chi connectivity index (χ3n) is 3.12. The predicted octanol–water partition coefficient (Wildman–Crippen LogP) is 0.855. The molecule has 1 fully saturated rings. The Morgan fingerprint density at radius 1 is 1.61 bits per heavy atom. The molecule has 0 aromatic heterocycles. The molecule has 1 aliphatic rings. The summed E-state index contributed by atoms with van der Waals surface area (Å²) in [6.07, 6.45) is 0.922. The minimum absolute atomic E-state index is 0.00290. The summed E-state index contributed by atoms with van der Waals surface area (Å²) in [6, 6.07) is 7.72. The van der Waals surface area contributed by atoms with Gasteiger partial charge in [-0.3, -0.25) is 4.79 Å². The largest absolute Gasteiger partial charge is 0.398 e. The highest BCUT2D eigenvalue weighted by molar-refractivity contribution is 5.73. The monoisotopic (exact) mass is 244 g/mol. The van der Waals surface area contributed by atoms with Gasteiger partial charge in [-0.15, -0.1) is 0 Å². The van der Waals surface area contributed by atoms with Crippen LogP contribution in [0.2, 0.25) is 0 Å². The highest BCUT2D eigenvalue weighted by Crippen LogP contribution is 2.24. The molecule has 5 heteroatoms. The molecule has 2 rings (SSSR count). The molecule has 1 heterocycles. The number of carbonyl (C=O) groups is 1. The average Bonchev–Trinajstić information content (AvgIpc) is 2.77. The van der Waals surface area contributed by atoms with E-state index in [9.17, 15) is 4.79 Å². The van der Waals surface area contributed by atoms with Gasteiger partial charge in [0.1, 0.15) is 6.07 Å². The first-order valence-electron chi connectivity index (χ1n) is 5.92. The summed E-state index contributed by atoms with van der Waals surface area (Å²) < 4.78 is 0. The Hall–Kier alpha value is -2.22. The Kier molecular flexibility index (Phi) is 3.38. The fraction of sp³-hybridized carbons (Fsp3) is 0.385. The molecule has 0 aliphatic carbocycles. The summed E-state index contributed by atoms with van der Waals surface area (Å²) in [4.78, 5) is 13.2. The standard InChI is InChI=1S/C13H16N4O/c1-9(18)16-11-4-5-17(8-11)12-2-3-13(15)10(6-12)7-14/h2-3,6,11H,4-5,8,15H2,1H3,(H,16,18). The molecule has 1 aliphatic heterocycles. The van der Waals surface area contributed by atoms with Crippen LogP contribution in [-0.4, -0.2) is 25.0 Å². The van der Waals surface area contributed by atoms with E-state index in [0.29, 0.717) is 11.3 Å². The lowest BCUT2D eigenvalue weighted by atomic mass is 10.1. The molecule has 3 N–H and O–H groups in total. The smallest absolute Gasteiger partial charge is 0.217 e. The zero-order chi connectivity index (χ0) is 13.1. The van der Waals surface area contributed by atoms with E-state index in [4.69, 9.17) is 11.0 Å². The van der Waals surface area contributed by atoms with Crippen LogP contribution in [0, 0.1) is 11.3 Å². The minimum Gasteiger partial charge on any atom is -0.398 e. The molecule has 0 saturated carbocycles. The SMILES string of the molecule is CC(=O)NC1CCN(c2ccc(N)c(C#N)c2)C1. The summed E-state index contributed by atoms with van der Waals surface area (Å²) in [6.45, 7) is 3.17. The van der Waals surface area contributed by atoms with Gasteiger partial charge >= 0.3 is 0 Å². The topological polar surface area (TPSA) is 82.2 Å². The summed E-state index contributed by atoms with van der Waals surface area (Å²) in [7, 11) is 0. The number of nitrogens with two attached hydrogens (primary N) is 1. The van der Waals surface area contributed by atoms with Crippen molar-refractivity contribution in [3.63, 3.8) is 0 Å². The van der Waals surface area contributed by atoms with Gasteiger partial charge in [0.05, 0.1) is 5.56 Å². The van der Waals surface area contributed by atoms with Gasteiger partial charge in [-0.2, -0.15) is 5.26 Å². The van der Waals surface area contributed by atoms with Crippen LogP contribution in [0.15, 0.2) is 18.2 Å². The molecule has 0 spiro atoms. The molecule has 1 unspecified atom stereocenters. The second kappa shape index (κ2) is 4.96. The number of hydrogen-bond acceptors (Lipinski definition) is 4. The summed E-state index contributed by atoms with van der Waals surface area (Å²) in [5.41, 5.74) is 7.67. The number of carbonyl (C=O) groups excluding carboxylic acids is 1. The Bertz CT molecular complexity index is 506. The van der Waals surface area contributed by atoms with Crippen LogP contribution in [0.3, 0.4) is 0 Å². The highest BCUT2D eigenvalue weighted by atomic mass is 16.1. The Morgan fingerprint density at radius 2 is 2.39 bits per heavy atom. The number of anilines is 2. The van der Waals surface area contributed by atoms with Crippen LogP contribution in [0.5, 0.6) is 0 Å². The van der Waals surface area contributed by atoms with E-state index < -0.39 is 0 Å². The predicted molar refractivity (Wildman–Crippen MR) is 70.0 cm³/mol. The van der Waals surface area contributed by atoms with E-state index in [0.717, 1.165) is 25.2 Å². The van der Waals surface area contributed by atoms with Crippen LogP contribution in [0.4, 0.5) is 11.4 Å². The Labute approximate surface area is 106 Å². The number of amides is 1. The first-order chi connectivity index (χ1) is 8.60. The van der Waals surface area contributed by atoms with Crippen LogP contribution >= 0.6 is 0 Å². The Balaban J connectivity index is 2.10. The molecular weight excluding hydrogens is 228 g/mol.